The van der Waals surface area contributed by atoms with Crippen molar-refractivity contribution in [3.8, 4) is 11.5 Å². The second kappa shape index (κ2) is 8.75. The molecule has 26 heavy (non-hydrogen) atoms. The van der Waals surface area contributed by atoms with Crippen LogP contribution >= 0.6 is 0 Å². The molecule has 0 unspecified atom stereocenters. The average molecular weight is 358 g/mol. The molecule has 0 aliphatic carbocycles. The Balaban J connectivity index is 1.95. The number of hydrogen-bond acceptors (Lipinski definition) is 5. The molecule has 0 spiro atoms. The van der Waals surface area contributed by atoms with Gasteiger partial charge in [0.1, 0.15) is 11.5 Å². The Morgan fingerprint density at radius 2 is 1.92 bits per heavy atom. The lowest BCUT2D eigenvalue weighted by molar-refractivity contribution is -0.117. The van der Waals surface area contributed by atoms with E-state index in [2.05, 4.69) is 10.9 Å². The number of aryl methyl sites for hydroxylation is 2. The predicted octanol–water partition coefficient (Wildman–Crippen LogP) is 2.78. The minimum atomic E-state index is -0.468. The molecule has 1 heterocycles. The highest BCUT2D eigenvalue weighted by Crippen LogP contribution is 2.28. The van der Waals surface area contributed by atoms with Gasteiger partial charge in [-0.15, -0.1) is 0 Å². The maximum Gasteiger partial charge on any atom is 0.273 e. The van der Waals surface area contributed by atoms with Crippen LogP contribution in [0.4, 0.5) is 0 Å². The lowest BCUT2D eigenvalue weighted by Crippen LogP contribution is -2.40. The normalized spacial score (nSPS) is 10.6. The summed E-state index contributed by atoms with van der Waals surface area (Å²) < 4.78 is 16.0. The Bertz CT molecular complexity index is 823. The zero-order chi connectivity index (χ0) is 19.1. The molecule has 7 heteroatoms. The molecule has 7 nitrogen and oxygen atoms in total. The third-order valence-corrected chi connectivity index (χ3v) is 3.50. The van der Waals surface area contributed by atoms with Crippen LogP contribution in [0.2, 0.25) is 0 Å². The number of amides is 2. The molecule has 1 aromatic heterocycles. The summed E-state index contributed by atoms with van der Waals surface area (Å²) in [5.41, 5.74) is 5.80. The summed E-state index contributed by atoms with van der Waals surface area (Å²) in [6, 6.07) is 6.93. The van der Waals surface area contributed by atoms with Crippen LogP contribution in [0.15, 0.2) is 34.8 Å². The SMILES string of the molecule is CCOc1ccc(/C=C/C(=O)NNC(=O)c2cc(C)oc2C)cc1OC. The van der Waals surface area contributed by atoms with Crippen molar-refractivity contribution in [3.05, 3.63) is 53.0 Å². The number of nitrogens with one attached hydrogen (secondary N) is 2. The van der Waals surface area contributed by atoms with Crippen LogP contribution in [-0.2, 0) is 4.79 Å². The summed E-state index contributed by atoms with van der Waals surface area (Å²) in [7, 11) is 1.55. The van der Waals surface area contributed by atoms with Gasteiger partial charge >= 0.3 is 0 Å². The van der Waals surface area contributed by atoms with Gasteiger partial charge in [-0.2, -0.15) is 0 Å². The molecule has 0 aliphatic rings. The van der Waals surface area contributed by atoms with E-state index >= 15 is 0 Å². The van der Waals surface area contributed by atoms with Gasteiger partial charge in [-0.25, -0.2) is 0 Å². The van der Waals surface area contributed by atoms with Gasteiger partial charge in [0.2, 0.25) is 0 Å². The molecule has 138 valence electrons. The van der Waals surface area contributed by atoms with E-state index in [0.29, 0.717) is 35.2 Å². The summed E-state index contributed by atoms with van der Waals surface area (Å²) in [4.78, 5) is 23.9. The quantitative estimate of drug-likeness (QED) is 0.612. The highest BCUT2D eigenvalue weighted by Gasteiger charge is 2.13. The van der Waals surface area contributed by atoms with Crippen molar-refractivity contribution in [3.63, 3.8) is 0 Å². The van der Waals surface area contributed by atoms with Crippen molar-refractivity contribution in [2.45, 2.75) is 20.8 Å². The molecule has 0 fully saturated rings. The second-order valence-corrected chi connectivity index (χ2v) is 5.45. The maximum absolute atomic E-state index is 12.0. The van der Waals surface area contributed by atoms with Crippen LogP contribution in [0.5, 0.6) is 11.5 Å². The van der Waals surface area contributed by atoms with Crippen molar-refractivity contribution in [1.82, 2.24) is 10.9 Å². The van der Waals surface area contributed by atoms with E-state index in [0.717, 1.165) is 5.56 Å². The Morgan fingerprint density at radius 3 is 2.54 bits per heavy atom. The van der Waals surface area contributed by atoms with Gasteiger partial charge < -0.3 is 13.9 Å². The summed E-state index contributed by atoms with van der Waals surface area (Å²) in [6.45, 7) is 5.85. The summed E-state index contributed by atoms with van der Waals surface area (Å²) in [5.74, 6) is 1.42. The van der Waals surface area contributed by atoms with Crippen molar-refractivity contribution in [2.75, 3.05) is 13.7 Å². The van der Waals surface area contributed by atoms with Crippen LogP contribution in [-0.4, -0.2) is 25.5 Å². The summed E-state index contributed by atoms with van der Waals surface area (Å²) >= 11 is 0. The molecule has 0 saturated carbocycles. The zero-order valence-electron chi connectivity index (χ0n) is 15.2. The van der Waals surface area contributed by atoms with E-state index in [1.807, 2.05) is 6.92 Å². The number of hydrazine groups is 1. The van der Waals surface area contributed by atoms with Gasteiger partial charge in [0.25, 0.3) is 11.8 Å². The molecule has 0 aliphatic heterocycles. The van der Waals surface area contributed by atoms with Crippen molar-refractivity contribution in [1.29, 1.82) is 0 Å². The molecular formula is C19H22N2O5. The largest absolute Gasteiger partial charge is 0.493 e. The molecular weight excluding hydrogens is 336 g/mol. The van der Waals surface area contributed by atoms with E-state index in [-0.39, 0.29) is 0 Å². The number of hydrogen-bond donors (Lipinski definition) is 2. The lowest BCUT2D eigenvalue weighted by Gasteiger charge is -2.09. The van der Waals surface area contributed by atoms with E-state index in [9.17, 15) is 9.59 Å². The van der Waals surface area contributed by atoms with Crippen molar-refractivity contribution in [2.24, 2.45) is 0 Å². The molecule has 2 amide bonds. The first-order valence-electron chi connectivity index (χ1n) is 8.10. The second-order valence-electron chi connectivity index (χ2n) is 5.45. The standard InChI is InChI=1S/C19H22N2O5/c1-5-25-16-8-6-14(11-17(16)24-4)7-9-18(22)20-21-19(23)15-10-12(2)26-13(15)3/h6-11H,5H2,1-4H3,(H,20,22)(H,21,23)/b9-7+. The highest BCUT2D eigenvalue weighted by molar-refractivity contribution is 5.98. The predicted molar refractivity (Wildman–Crippen MR) is 97.0 cm³/mol. The molecule has 2 aromatic rings. The number of furan rings is 1. The first-order valence-corrected chi connectivity index (χ1v) is 8.10. The Labute approximate surface area is 151 Å². The first kappa shape index (κ1) is 19.1. The minimum absolute atomic E-state index is 0.378. The lowest BCUT2D eigenvalue weighted by atomic mass is 10.2. The smallest absolute Gasteiger partial charge is 0.273 e. The van der Waals surface area contributed by atoms with Gasteiger partial charge in [0.05, 0.1) is 19.3 Å². The highest BCUT2D eigenvalue weighted by atomic mass is 16.5. The van der Waals surface area contributed by atoms with Gasteiger partial charge in [-0.05, 0) is 50.6 Å². The Morgan fingerprint density at radius 1 is 1.15 bits per heavy atom. The number of carbonyl (C=O) groups is 2. The fourth-order valence-corrected chi connectivity index (χ4v) is 2.32. The van der Waals surface area contributed by atoms with Crippen LogP contribution in [0, 0.1) is 13.8 Å². The number of benzene rings is 1. The maximum atomic E-state index is 12.0. The van der Waals surface area contributed by atoms with E-state index < -0.39 is 11.8 Å². The number of carbonyl (C=O) groups excluding carboxylic acids is 2. The van der Waals surface area contributed by atoms with Crippen molar-refractivity contribution >= 4 is 17.9 Å². The number of rotatable bonds is 6. The monoisotopic (exact) mass is 358 g/mol. The van der Waals surface area contributed by atoms with Gasteiger partial charge in [-0.1, -0.05) is 6.07 Å². The molecule has 1 aromatic carbocycles. The van der Waals surface area contributed by atoms with Crippen LogP contribution in [0.3, 0.4) is 0 Å². The fourth-order valence-electron chi connectivity index (χ4n) is 2.32. The number of ether oxygens (including phenoxy) is 2. The Hall–Kier alpha value is -3.22. The average Bonchev–Trinajstić information content (AvgIpc) is 2.97. The van der Waals surface area contributed by atoms with E-state index in [4.69, 9.17) is 13.9 Å². The first-order chi connectivity index (χ1) is 12.4. The fraction of sp³-hybridized carbons (Fsp3) is 0.263. The summed E-state index contributed by atoms with van der Waals surface area (Å²) in [5, 5.41) is 0. The van der Waals surface area contributed by atoms with Gasteiger partial charge in [0.15, 0.2) is 11.5 Å². The minimum Gasteiger partial charge on any atom is -0.493 e. The molecule has 0 radical (unpaired) electrons. The molecule has 0 saturated heterocycles. The topological polar surface area (TPSA) is 89.8 Å². The number of methoxy groups -OCH3 is 1. The molecule has 2 N–H and O–H groups in total. The summed E-state index contributed by atoms with van der Waals surface area (Å²) in [6.07, 6.45) is 2.91. The third-order valence-electron chi connectivity index (χ3n) is 3.50. The molecule has 0 atom stereocenters. The van der Waals surface area contributed by atoms with E-state index in [1.54, 1.807) is 51.3 Å². The molecule has 2 rings (SSSR count). The van der Waals surface area contributed by atoms with Gasteiger partial charge in [-0.3, -0.25) is 20.4 Å². The van der Waals surface area contributed by atoms with Crippen molar-refractivity contribution < 1.29 is 23.5 Å². The third kappa shape index (κ3) is 4.89. The molecule has 0 bridgehead atoms. The Kier molecular flexibility index (Phi) is 6.43. The van der Waals surface area contributed by atoms with Crippen LogP contribution < -0.4 is 20.3 Å². The van der Waals surface area contributed by atoms with Crippen LogP contribution in [0.1, 0.15) is 34.4 Å². The van der Waals surface area contributed by atoms with Gasteiger partial charge in [0, 0.05) is 6.08 Å². The zero-order valence-corrected chi connectivity index (χ0v) is 15.2. The van der Waals surface area contributed by atoms with E-state index in [1.165, 1.54) is 6.08 Å². The van der Waals surface area contributed by atoms with Crippen LogP contribution in [0.25, 0.3) is 6.08 Å².